The van der Waals surface area contributed by atoms with Gasteiger partial charge in [0.1, 0.15) is 5.75 Å². The van der Waals surface area contributed by atoms with Gasteiger partial charge in [-0.2, -0.15) is 13.2 Å². The highest BCUT2D eigenvalue weighted by Crippen LogP contribution is 2.38. The van der Waals surface area contributed by atoms with E-state index in [0.717, 1.165) is 12.1 Å². The quantitative estimate of drug-likeness (QED) is 0.755. The predicted octanol–water partition coefficient (Wildman–Crippen LogP) is 3.26. The molecule has 0 aromatic heterocycles. The Bertz CT molecular complexity index is 641. The average Bonchev–Trinajstić information content (AvgIpc) is 2.73. The minimum atomic E-state index is -4.54. The minimum Gasteiger partial charge on any atom is -0.497 e. The van der Waals surface area contributed by atoms with Gasteiger partial charge in [0.2, 0.25) is 16.7 Å². The normalized spacial score (nSPS) is 18.5. The summed E-state index contributed by atoms with van der Waals surface area (Å²) in [5.74, 6) is -0.223. The molecule has 8 heteroatoms. The molecule has 1 unspecified atom stereocenters. The lowest BCUT2D eigenvalue weighted by Crippen LogP contribution is -2.13. The van der Waals surface area contributed by atoms with E-state index in [1.54, 1.807) is 14.1 Å². The summed E-state index contributed by atoms with van der Waals surface area (Å²) >= 11 is 3.05. The molecule has 4 nitrogen and oxygen atoms in total. The molecular formula is C14H13BrF3NO3. The van der Waals surface area contributed by atoms with E-state index in [9.17, 15) is 18.0 Å². The van der Waals surface area contributed by atoms with Crippen LogP contribution >= 0.6 is 15.9 Å². The number of carbonyl (C=O) groups excluding carboxylic acids is 1. The highest BCUT2D eigenvalue weighted by atomic mass is 79.9. The molecule has 0 radical (unpaired) electrons. The number of alkyl halides is 4. The summed E-state index contributed by atoms with van der Waals surface area (Å²) in [6.45, 7) is 0. The number of hydrogen-bond donors (Lipinski definition) is 0. The molecule has 0 saturated carbocycles. The van der Waals surface area contributed by atoms with E-state index in [2.05, 4.69) is 15.9 Å². The second-order valence-electron chi connectivity index (χ2n) is 4.82. The fourth-order valence-electron chi connectivity index (χ4n) is 2.05. The molecule has 0 N–H and O–H groups in total. The summed E-state index contributed by atoms with van der Waals surface area (Å²) in [6.07, 6.45) is -4.54. The third-order valence-electron chi connectivity index (χ3n) is 3.05. The number of halogens is 4. The summed E-state index contributed by atoms with van der Waals surface area (Å²) < 4.78 is 49.2. The van der Waals surface area contributed by atoms with Crippen LogP contribution in [0.4, 0.5) is 13.2 Å². The minimum absolute atomic E-state index is 0.0150. The Labute approximate surface area is 133 Å². The summed E-state index contributed by atoms with van der Waals surface area (Å²) in [4.78, 5) is 13.7. The van der Waals surface area contributed by atoms with Gasteiger partial charge in [0.15, 0.2) is 0 Å². The van der Waals surface area contributed by atoms with Gasteiger partial charge in [-0.05, 0) is 39.7 Å². The molecule has 1 aromatic rings. The van der Waals surface area contributed by atoms with Crippen molar-refractivity contribution in [1.29, 1.82) is 0 Å². The number of ketones is 1. The number of rotatable bonds is 3. The zero-order chi connectivity index (χ0) is 16.7. The first-order chi connectivity index (χ1) is 10.1. The van der Waals surface area contributed by atoms with Crippen LogP contribution in [0, 0.1) is 0 Å². The molecule has 0 saturated heterocycles. The Morgan fingerprint density at radius 1 is 1.27 bits per heavy atom. The Morgan fingerprint density at radius 2 is 1.91 bits per heavy atom. The lowest BCUT2D eigenvalue weighted by Gasteiger charge is -2.16. The maximum absolute atomic E-state index is 13.0. The van der Waals surface area contributed by atoms with Crippen LogP contribution in [0.1, 0.15) is 11.1 Å². The first-order valence-corrected chi connectivity index (χ1v) is 7.10. The van der Waals surface area contributed by atoms with Gasteiger partial charge in [0.05, 0.1) is 18.2 Å². The largest absolute Gasteiger partial charge is 0.497 e. The molecule has 0 amide bonds. The van der Waals surface area contributed by atoms with Crippen LogP contribution in [0.15, 0.2) is 24.1 Å². The molecule has 120 valence electrons. The predicted molar refractivity (Wildman–Crippen MR) is 77.4 cm³/mol. The molecule has 1 atom stereocenters. The third-order valence-corrected chi connectivity index (χ3v) is 3.65. The van der Waals surface area contributed by atoms with E-state index in [4.69, 9.17) is 9.47 Å². The smallest absolute Gasteiger partial charge is 0.416 e. The Balaban J connectivity index is 2.65. The van der Waals surface area contributed by atoms with Crippen molar-refractivity contribution in [3.05, 3.63) is 35.2 Å². The van der Waals surface area contributed by atoms with Crippen molar-refractivity contribution in [2.24, 2.45) is 0 Å². The fourth-order valence-corrected chi connectivity index (χ4v) is 2.45. The Kier molecular flexibility index (Phi) is 4.42. The molecule has 1 aromatic carbocycles. The fraction of sp³-hybridized carbons (Fsp3) is 0.357. The van der Waals surface area contributed by atoms with Crippen LogP contribution in [0.3, 0.4) is 0 Å². The van der Waals surface area contributed by atoms with Crippen LogP contribution in [-0.4, -0.2) is 36.9 Å². The van der Waals surface area contributed by atoms with E-state index in [0.29, 0.717) is 0 Å². The number of carbonyl (C=O) groups is 1. The molecular weight excluding hydrogens is 367 g/mol. The number of Topliss-reactive ketones (excluding diaryl/α,β-unsaturated/α-hetero) is 1. The lowest BCUT2D eigenvalue weighted by atomic mass is 10.00. The van der Waals surface area contributed by atoms with Crippen LogP contribution < -0.4 is 4.74 Å². The van der Waals surface area contributed by atoms with Crippen LogP contribution in [0.2, 0.25) is 0 Å². The molecule has 2 rings (SSSR count). The van der Waals surface area contributed by atoms with E-state index in [1.807, 2.05) is 0 Å². The molecule has 0 aliphatic carbocycles. The number of hydrogen-bond acceptors (Lipinski definition) is 4. The molecule has 0 bridgehead atoms. The van der Waals surface area contributed by atoms with Gasteiger partial charge in [-0.15, -0.1) is 0 Å². The van der Waals surface area contributed by atoms with Gasteiger partial charge >= 0.3 is 6.18 Å². The van der Waals surface area contributed by atoms with Crippen molar-refractivity contribution in [2.45, 2.75) is 11.2 Å². The number of benzene rings is 1. The van der Waals surface area contributed by atoms with E-state index >= 15 is 0 Å². The van der Waals surface area contributed by atoms with Crippen molar-refractivity contribution in [3.63, 3.8) is 0 Å². The second-order valence-corrected chi connectivity index (χ2v) is 5.65. The number of methoxy groups -OCH3 is 1. The summed E-state index contributed by atoms with van der Waals surface area (Å²) in [5.41, 5.74) is -0.711. The van der Waals surface area contributed by atoms with E-state index < -0.39 is 22.5 Å². The summed E-state index contributed by atoms with van der Waals surface area (Å²) in [5, 5.41) is -0.916. The molecule has 0 fully saturated rings. The molecule has 0 spiro atoms. The van der Waals surface area contributed by atoms with Crippen LogP contribution in [0.5, 0.6) is 5.75 Å². The topological polar surface area (TPSA) is 38.8 Å². The van der Waals surface area contributed by atoms with Gasteiger partial charge < -0.3 is 14.4 Å². The van der Waals surface area contributed by atoms with Gasteiger partial charge in [-0.25, -0.2) is 0 Å². The Morgan fingerprint density at radius 3 is 2.41 bits per heavy atom. The van der Waals surface area contributed by atoms with Crippen molar-refractivity contribution in [3.8, 4) is 5.75 Å². The Hall–Kier alpha value is -1.70. The first-order valence-electron chi connectivity index (χ1n) is 6.18. The number of ether oxygens (including phenoxy) is 2. The summed E-state index contributed by atoms with van der Waals surface area (Å²) in [7, 11) is 4.54. The van der Waals surface area contributed by atoms with Crippen molar-refractivity contribution >= 4 is 27.3 Å². The zero-order valence-corrected chi connectivity index (χ0v) is 13.6. The molecule has 1 aliphatic heterocycles. The van der Waals surface area contributed by atoms with E-state index in [1.165, 1.54) is 18.1 Å². The maximum atomic E-state index is 13.0. The SMILES string of the molecule is COc1cc(C2=C(N(C)C)OC(Br)C2=O)cc(C(F)(F)F)c1. The maximum Gasteiger partial charge on any atom is 0.416 e. The van der Waals surface area contributed by atoms with Gasteiger partial charge in [0.25, 0.3) is 0 Å². The second kappa shape index (κ2) is 5.83. The van der Waals surface area contributed by atoms with Gasteiger partial charge in [-0.3, -0.25) is 4.79 Å². The van der Waals surface area contributed by atoms with Crippen molar-refractivity contribution < 1.29 is 27.4 Å². The standard InChI is InChI=1S/C14H13BrF3NO3/c1-19(2)13-10(11(20)12(15)22-13)7-4-8(14(16,17)18)6-9(5-7)21-3/h4-6,12H,1-3H3. The van der Waals surface area contributed by atoms with Crippen molar-refractivity contribution in [2.75, 3.05) is 21.2 Å². The average molecular weight is 380 g/mol. The van der Waals surface area contributed by atoms with Gasteiger partial charge in [0, 0.05) is 14.1 Å². The van der Waals surface area contributed by atoms with Gasteiger partial charge in [-0.1, -0.05) is 0 Å². The first kappa shape index (κ1) is 16.7. The molecule has 1 heterocycles. The van der Waals surface area contributed by atoms with Crippen molar-refractivity contribution in [1.82, 2.24) is 4.90 Å². The number of nitrogens with zero attached hydrogens (tertiary/aromatic N) is 1. The third kappa shape index (κ3) is 3.06. The zero-order valence-electron chi connectivity index (χ0n) is 12.0. The molecule has 22 heavy (non-hydrogen) atoms. The molecule has 1 aliphatic rings. The highest BCUT2D eigenvalue weighted by molar-refractivity contribution is 9.09. The van der Waals surface area contributed by atoms with E-state index in [-0.39, 0.29) is 22.8 Å². The highest BCUT2D eigenvalue weighted by Gasteiger charge is 2.37. The lowest BCUT2D eigenvalue weighted by molar-refractivity contribution is -0.137. The summed E-state index contributed by atoms with van der Waals surface area (Å²) in [6, 6.07) is 3.17. The van der Waals surface area contributed by atoms with Crippen LogP contribution in [-0.2, 0) is 15.7 Å². The van der Waals surface area contributed by atoms with Crippen LogP contribution in [0.25, 0.3) is 5.57 Å². The monoisotopic (exact) mass is 379 g/mol.